The zero-order chi connectivity index (χ0) is 14.5. The minimum absolute atomic E-state index is 0.633. The van der Waals surface area contributed by atoms with E-state index < -0.39 is 0 Å². The molecule has 116 valence electrons. The van der Waals surface area contributed by atoms with Crippen molar-refractivity contribution in [2.75, 3.05) is 11.5 Å². The molecule has 0 atom stereocenters. The number of hydrogen-bond acceptors (Lipinski definition) is 2. The Hall–Kier alpha value is 0.180. The Bertz CT molecular complexity index is 231. The van der Waals surface area contributed by atoms with E-state index in [0.29, 0.717) is 10.5 Å². The van der Waals surface area contributed by atoms with Crippen molar-refractivity contribution >= 4 is 23.5 Å². The highest BCUT2D eigenvalue weighted by Gasteiger charge is 2.09. The first-order valence-corrected chi connectivity index (χ1v) is 10.6. The fraction of sp³-hybridized carbons (Fsp3) is 0.778. The Balaban J connectivity index is 2.01. The summed E-state index contributed by atoms with van der Waals surface area (Å²) in [6.07, 6.45) is 20.7. The fourth-order valence-corrected chi connectivity index (χ4v) is 4.38. The Morgan fingerprint density at radius 2 is 1.00 bits per heavy atom. The maximum atomic E-state index is 2.41. The fourth-order valence-electron chi connectivity index (χ4n) is 2.29. The van der Waals surface area contributed by atoms with Gasteiger partial charge < -0.3 is 0 Å². The maximum Gasteiger partial charge on any atom is 0.0408 e. The van der Waals surface area contributed by atoms with Gasteiger partial charge in [-0.15, -0.1) is 0 Å². The Kier molecular flexibility index (Phi) is 11.7. The van der Waals surface area contributed by atoms with Crippen LogP contribution in [-0.2, 0) is 0 Å². The summed E-state index contributed by atoms with van der Waals surface area (Å²) in [6, 6.07) is 0. The van der Waals surface area contributed by atoms with Crippen LogP contribution >= 0.6 is 23.5 Å². The van der Waals surface area contributed by atoms with Gasteiger partial charge in [-0.25, -0.2) is 0 Å². The molecule has 0 amide bonds. The van der Waals surface area contributed by atoms with Crippen LogP contribution in [0.2, 0.25) is 0 Å². The quantitative estimate of drug-likeness (QED) is 0.299. The van der Waals surface area contributed by atoms with Crippen molar-refractivity contribution in [3.05, 3.63) is 24.3 Å². The molecule has 20 heavy (non-hydrogen) atoms. The summed E-state index contributed by atoms with van der Waals surface area (Å²) < 4.78 is 0. The van der Waals surface area contributed by atoms with Gasteiger partial charge >= 0.3 is 0 Å². The van der Waals surface area contributed by atoms with Crippen LogP contribution in [0.3, 0.4) is 0 Å². The molecule has 0 heterocycles. The lowest BCUT2D eigenvalue weighted by Gasteiger charge is -2.16. The van der Waals surface area contributed by atoms with E-state index in [1.165, 1.54) is 62.9 Å². The van der Waals surface area contributed by atoms with E-state index in [9.17, 15) is 0 Å². The Labute approximate surface area is 135 Å². The minimum Gasteiger partial charge on any atom is -0.150 e. The van der Waals surface area contributed by atoms with E-state index in [1.807, 2.05) is 0 Å². The summed E-state index contributed by atoms with van der Waals surface area (Å²) in [7, 11) is 0. The summed E-state index contributed by atoms with van der Waals surface area (Å²) in [5, 5.41) is 1.27. The van der Waals surface area contributed by atoms with Gasteiger partial charge in [-0.2, -0.15) is 23.5 Å². The van der Waals surface area contributed by atoms with Gasteiger partial charge in [-0.1, -0.05) is 76.7 Å². The van der Waals surface area contributed by atoms with Gasteiger partial charge in [0.15, 0.2) is 0 Å². The van der Waals surface area contributed by atoms with Crippen LogP contribution < -0.4 is 0 Å². The lowest BCUT2D eigenvalue weighted by molar-refractivity contribution is 0.706. The molecule has 0 unspecified atom stereocenters. The van der Waals surface area contributed by atoms with Gasteiger partial charge in [0.2, 0.25) is 0 Å². The first kappa shape index (κ1) is 18.2. The molecule has 1 aliphatic rings. The van der Waals surface area contributed by atoms with Crippen LogP contribution in [0.1, 0.15) is 65.2 Å². The van der Waals surface area contributed by atoms with Gasteiger partial charge in [0.25, 0.3) is 0 Å². The standard InChI is InChI=1S/C18H32S2/c1-3-5-7-9-15-19-17-11-13-18(14-12-17)20-16-10-8-6-4-2/h11-14,17-18H,3-10,15-16H2,1-2H3. The zero-order valence-electron chi connectivity index (χ0n) is 13.4. The third-order valence-corrected chi connectivity index (χ3v) is 6.04. The largest absolute Gasteiger partial charge is 0.150 e. The van der Waals surface area contributed by atoms with Crippen LogP contribution in [-0.4, -0.2) is 22.0 Å². The SMILES string of the molecule is CCCCCCSC1C=CC(SCCCCCC)C=C1. The van der Waals surface area contributed by atoms with E-state index in [4.69, 9.17) is 0 Å². The molecular formula is C18H32S2. The molecule has 1 rings (SSSR count). The van der Waals surface area contributed by atoms with Crippen LogP contribution in [0.4, 0.5) is 0 Å². The monoisotopic (exact) mass is 312 g/mol. The summed E-state index contributed by atoms with van der Waals surface area (Å²) in [5.41, 5.74) is 0. The second-order valence-corrected chi connectivity index (χ2v) is 8.13. The van der Waals surface area contributed by atoms with Crippen molar-refractivity contribution in [2.24, 2.45) is 0 Å². The molecule has 1 aliphatic carbocycles. The summed E-state index contributed by atoms with van der Waals surface area (Å²) >= 11 is 4.20. The van der Waals surface area contributed by atoms with Gasteiger partial charge in [-0.05, 0) is 24.3 Å². The predicted molar refractivity (Wildman–Crippen MR) is 99.1 cm³/mol. The Morgan fingerprint density at radius 1 is 0.600 bits per heavy atom. The second-order valence-electron chi connectivity index (χ2n) is 5.56. The molecule has 0 saturated heterocycles. The van der Waals surface area contributed by atoms with E-state index >= 15 is 0 Å². The van der Waals surface area contributed by atoms with Gasteiger partial charge in [0, 0.05) is 10.5 Å². The number of rotatable bonds is 12. The van der Waals surface area contributed by atoms with Crippen LogP contribution in [0, 0.1) is 0 Å². The highest BCUT2D eigenvalue weighted by molar-refractivity contribution is 8.00. The first-order valence-electron chi connectivity index (χ1n) is 8.46. The van der Waals surface area contributed by atoms with Gasteiger partial charge in [-0.3, -0.25) is 0 Å². The molecule has 0 radical (unpaired) electrons. The van der Waals surface area contributed by atoms with Gasteiger partial charge in [0.05, 0.1) is 0 Å². The van der Waals surface area contributed by atoms with E-state index in [0.717, 1.165) is 0 Å². The molecule has 0 fully saturated rings. The van der Waals surface area contributed by atoms with Gasteiger partial charge in [0.1, 0.15) is 0 Å². The van der Waals surface area contributed by atoms with Crippen LogP contribution in [0.25, 0.3) is 0 Å². The topological polar surface area (TPSA) is 0 Å². The molecule has 0 spiro atoms. The van der Waals surface area contributed by atoms with Crippen molar-refractivity contribution in [3.8, 4) is 0 Å². The van der Waals surface area contributed by atoms with Crippen molar-refractivity contribution in [3.63, 3.8) is 0 Å². The maximum absolute atomic E-state index is 2.41. The van der Waals surface area contributed by atoms with E-state index in [1.54, 1.807) is 0 Å². The molecule has 2 heteroatoms. The smallest absolute Gasteiger partial charge is 0.0408 e. The molecule has 0 aromatic carbocycles. The Morgan fingerprint density at radius 3 is 1.35 bits per heavy atom. The number of unbranched alkanes of at least 4 members (excludes halogenated alkanes) is 6. The number of thioether (sulfide) groups is 2. The molecular weight excluding hydrogens is 280 g/mol. The highest BCUT2D eigenvalue weighted by Crippen LogP contribution is 2.25. The predicted octanol–water partition coefficient (Wildman–Crippen LogP) is 6.48. The molecule has 0 nitrogen and oxygen atoms in total. The average molecular weight is 313 g/mol. The highest BCUT2D eigenvalue weighted by atomic mass is 32.2. The first-order chi connectivity index (χ1) is 9.86. The van der Waals surface area contributed by atoms with Crippen molar-refractivity contribution in [1.82, 2.24) is 0 Å². The lowest BCUT2D eigenvalue weighted by Crippen LogP contribution is -2.06. The lowest BCUT2D eigenvalue weighted by atomic mass is 10.2. The van der Waals surface area contributed by atoms with E-state index in [-0.39, 0.29) is 0 Å². The molecule has 0 aromatic heterocycles. The van der Waals surface area contributed by atoms with Crippen molar-refractivity contribution < 1.29 is 0 Å². The van der Waals surface area contributed by atoms with E-state index in [2.05, 4.69) is 61.7 Å². The summed E-state index contributed by atoms with van der Waals surface area (Å²) in [6.45, 7) is 4.56. The zero-order valence-corrected chi connectivity index (χ0v) is 15.0. The summed E-state index contributed by atoms with van der Waals surface area (Å²) in [5.74, 6) is 2.63. The molecule has 0 bridgehead atoms. The van der Waals surface area contributed by atoms with Crippen LogP contribution in [0.5, 0.6) is 0 Å². The third kappa shape index (κ3) is 9.18. The number of hydrogen-bond donors (Lipinski definition) is 0. The second kappa shape index (κ2) is 12.9. The molecule has 0 aromatic rings. The molecule has 0 N–H and O–H groups in total. The average Bonchev–Trinajstić information content (AvgIpc) is 2.48. The summed E-state index contributed by atoms with van der Waals surface area (Å²) in [4.78, 5) is 0. The minimum atomic E-state index is 0.633. The normalized spacial score (nSPS) is 21.5. The molecule has 0 aliphatic heterocycles. The van der Waals surface area contributed by atoms with Crippen LogP contribution in [0.15, 0.2) is 24.3 Å². The van der Waals surface area contributed by atoms with Crippen molar-refractivity contribution in [2.45, 2.75) is 75.7 Å². The molecule has 0 saturated carbocycles. The third-order valence-electron chi connectivity index (χ3n) is 3.60. The van der Waals surface area contributed by atoms with Crippen molar-refractivity contribution in [1.29, 1.82) is 0 Å².